The second-order valence-corrected chi connectivity index (χ2v) is 12.4. The summed E-state index contributed by atoms with van der Waals surface area (Å²) in [7, 11) is 0. The molecular weight excluding hydrogens is 657 g/mol. The first kappa shape index (κ1) is 37.6. The summed E-state index contributed by atoms with van der Waals surface area (Å²) in [5.41, 5.74) is 4.15. The minimum atomic E-state index is -0.888. The Morgan fingerprint density at radius 3 is 2.22 bits per heavy atom. The minimum absolute atomic E-state index is 0.0211. The number of aromatic nitrogens is 1. The molecular formula is C39H46FN3O8. The van der Waals surface area contributed by atoms with E-state index in [1.807, 2.05) is 30.3 Å². The third-order valence-corrected chi connectivity index (χ3v) is 8.56. The van der Waals surface area contributed by atoms with Crippen LogP contribution >= 0.6 is 0 Å². The minimum Gasteiger partial charge on any atom is -0.481 e. The number of carbonyl (C=O) groups is 3. The van der Waals surface area contributed by atoms with Gasteiger partial charge in [0.25, 0.3) is 5.91 Å². The fourth-order valence-corrected chi connectivity index (χ4v) is 5.91. The number of carboxylic acid groups (broad SMARTS) is 1. The number of aromatic amines is 1. The lowest BCUT2D eigenvalue weighted by Gasteiger charge is -2.29. The molecule has 51 heavy (non-hydrogen) atoms. The van der Waals surface area contributed by atoms with Gasteiger partial charge in [-0.15, -0.1) is 0 Å². The molecule has 1 saturated heterocycles. The normalized spacial score (nSPS) is 13.1. The highest BCUT2D eigenvalue weighted by atomic mass is 19.1. The number of anilines is 2. The number of H-pyrrole nitrogens is 1. The van der Waals surface area contributed by atoms with E-state index >= 15 is 0 Å². The van der Waals surface area contributed by atoms with E-state index in [4.69, 9.17) is 24.1 Å². The third-order valence-electron chi connectivity index (χ3n) is 8.56. The Morgan fingerprint density at radius 1 is 0.784 bits per heavy atom. The highest BCUT2D eigenvalue weighted by Crippen LogP contribution is 2.29. The predicted octanol–water partition coefficient (Wildman–Crippen LogP) is 6.25. The van der Waals surface area contributed by atoms with Gasteiger partial charge in [0.15, 0.2) is 0 Å². The van der Waals surface area contributed by atoms with Crippen LogP contribution in [0.4, 0.5) is 15.8 Å². The van der Waals surface area contributed by atoms with Gasteiger partial charge in [-0.2, -0.15) is 0 Å². The number of amides is 1. The fraction of sp³-hybridized carbons (Fsp3) is 0.410. The first-order chi connectivity index (χ1) is 24.9. The number of ether oxygens (including phenoxy) is 4. The van der Waals surface area contributed by atoms with Crippen LogP contribution in [-0.2, 0) is 30.2 Å². The zero-order valence-corrected chi connectivity index (χ0v) is 28.8. The van der Waals surface area contributed by atoms with Gasteiger partial charge in [0.1, 0.15) is 5.82 Å². The maximum Gasteiger partial charge on any atom is 0.305 e. The second kappa shape index (κ2) is 19.7. The summed E-state index contributed by atoms with van der Waals surface area (Å²) in [5.74, 6) is -1.87. The molecule has 1 amide bonds. The maximum atomic E-state index is 13.9. The van der Waals surface area contributed by atoms with Crippen LogP contribution in [-0.4, -0.2) is 93.7 Å². The molecule has 1 aliphatic heterocycles. The molecule has 3 N–H and O–H groups in total. The van der Waals surface area contributed by atoms with Crippen molar-refractivity contribution in [1.82, 2.24) is 4.98 Å². The van der Waals surface area contributed by atoms with Crippen LogP contribution in [0.3, 0.4) is 0 Å². The summed E-state index contributed by atoms with van der Waals surface area (Å²) in [6.07, 6.45) is 4.81. The van der Waals surface area contributed by atoms with Gasteiger partial charge in [-0.25, -0.2) is 4.39 Å². The molecule has 3 aromatic carbocycles. The van der Waals surface area contributed by atoms with Crippen molar-refractivity contribution >= 4 is 39.9 Å². The van der Waals surface area contributed by atoms with Crippen LogP contribution in [0.25, 0.3) is 10.9 Å². The van der Waals surface area contributed by atoms with Crippen LogP contribution in [0.5, 0.6) is 0 Å². The number of aliphatic carboxylic acids is 1. The monoisotopic (exact) mass is 703 g/mol. The number of hydrogen-bond acceptors (Lipinski definition) is 8. The van der Waals surface area contributed by atoms with Gasteiger partial charge < -0.3 is 39.3 Å². The van der Waals surface area contributed by atoms with Gasteiger partial charge in [0.05, 0.1) is 64.1 Å². The average Bonchev–Trinajstić information content (AvgIpc) is 3.57. The molecule has 0 saturated carbocycles. The molecule has 0 aliphatic carbocycles. The van der Waals surface area contributed by atoms with Crippen LogP contribution in [0.1, 0.15) is 64.1 Å². The molecule has 1 aliphatic rings. The molecule has 0 atom stereocenters. The summed E-state index contributed by atoms with van der Waals surface area (Å²) in [6, 6.07) is 19.0. The van der Waals surface area contributed by atoms with Gasteiger partial charge in [0.2, 0.25) is 5.78 Å². The van der Waals surface area contributed by atoms with E-state index < -0.39 is 5.97 Å². The predicted molar refractivity (Wildman–Crippen MR) is 192 cm³/mol. The van der Waals surface area contributed by atoms with E-state index in [1.165, 1.54) is 18.6 Å². The zero-order chi connectivity index (χ0) is 35.8. The van der Waals surface area contributed by atoms with Crippen molar-refractivity contribution in [3.05, 3.63) is 94.9 Å². The number of carbonyl (C=O) groups excluding carboxylic acids is 2. The molecule has 272 valence electrons. The highest BCUT2D eigenvalue weighted by molar-refractivity contribution is 6.16. The van der Waals surface area contributed by atoms with Crippen LogP contribution in [0.2, 0.25) is 0 Å². The molecule has 1 fully saturated rings. The second-order valence-electron chi connectivity index (χ2n) is 12.4. The number of ketones is 1. The number of rotatable bonds is 21. The number of nitrogens with one attached hydrogen (secondary N) is 2. The molecule has 0 spiro atoms. The first-order valence-electron chi connectivity index (χ1n) is 17.5. The lowest BCUT2D eigenvalue weighted by Crippen LogP contribution is -2.29. The van der Waals surface area contributed by atoms with Crippen LogP contribution < -0.4 is 10.2 Å². The van der Waals surface area contributed by atoms with Crippen molar-refractivity contribution in [2.45, 2.75) is 38.5 Å². The number of piperidine rings is 1. The Labute approximate surface area is 297 Å². The van der Waals surface area contributed by atoms with Crippen molar-refractivity contribution < 1.29 is 42.8 Å². The molecule has 0 bridgehead atoms. The van der Waals surface area contributed by atoms with Crippen LogP contribution in [0.15, 0.2) is 66.7 Å². The standard InChI is InChI=1S/C39H46FN3O8/c40-31-9-11-34-30(25-31)26-36(41-34)38(46)33-27-32(43-14-2-1-3-15-43)10-12-35(33)42-39(47)29-8-4-6-28(24-29)7-5-16-48-18-20-50-22-23-51-21-19-49-17-13-37(44)45/h4,6,8-12,24-27,41H,1-3,5,7,13-23H2,(H,42,47)(H,44,45). The summed E-state index contributed by atoms with van der Waals surface area (Å²) < 4.78 is 35.6. The molecule has 5 rings (SSSR count). The molecule has 4 aromatic rings. The van der Waals surface area contributed by atoms with Gasteiger partial charge in [-0.1, -0.05) is 12.1 Å². The Bertz CT molecular complexity index is 1750. The van der Waals surface area contributed by atoms with E-state index in [-0.39, 0.29) is 30.5 Å². The van der Waals surface area contributed by atoms with Crippen molar-refractivity contribution in [2.75, 3.05) is 76.2 Å². The Balaban J connectivity index is 1.10. The Morgan fingerprint density at radius 2 is 1.49 bits per heavy atom. The van der Waals surface area contributed by atoms with E-state index in [2.05, 4.69) is 15.2 Å². The number of nitrogens with zero attached hydrogens (tertiary/aromatic N) is 1. The van der Waals surface area contributed by atoms with Gasteiger partial charge >= 0.3 is 5.97 Å². The molecule has 12 heteroatoms. The fourth-order valence-electron chi connectivity index (χ4n) is 5.91. The summed E-state index contributed by atoms with van der Waals surface area (Å²) >= 11 is 0. The Hall–Kier alpha value is -4.62. The van der Waals surface area contributed by atoms with Gasteiger partial charge in [0, 0.05) is 47.4 Å². The van der Waals surface area contributed by atoms with Crippen molar-refractivity contribution in [3.63, 3.8) is 0 Å². The van der Waals surface area contributed by atoms with Gasteiger partial charge in [-0.3, -0.25) is 14.4 Å². The smallest absolute Gasteiger partial charge is 0.305 e. The van der Waals surface area contributed by atoms with Crippen molar-refractivity contribution in [1.29, 1.82) is 0 Å². The molecule has 2 heterocycles. The largest absolute Gasteiger partial charge is 0.481 e. The summed E-state index contributed by atoms with van der Waals surface area (Å²) in [6.45, 7) is 4.98. The number of fused-ring (bicyclic) bond motifs is 1. The lowest BCUT2D eigenvalue weighted by atomic mass is 10.0. The average molecular weight is 704 g/mol. The van der Waals surface area contributed by atoms with E-state index in [0.717, 1.165) is 50.0 Å². The SMILES string of the molecule is O=C(O)CCOCCOCCOCCOCCCc1cccc(C(=O)Nc2ccc(N3CCCCC3)cc2C(=O)c2cc3cc(F)ccc3[nH]2)c1. The molecule has 0 radical (unpaired) electrons. The van der Waals surface area contributed by atoms with Crippen molar-refractivity contribution in [2.24, 2.45) is 0 Å². The first-order valence-corrected chi connectivity index (χ1v) is 17.5. The summed E-state index contributed by atoms with van der Waals surface area (Å²) in [4.78, 5) is 43.2. The number of benzene rings is 3. The van der Waals surface area contributed by atoms with E-state index in [1.54, 1.807) is 24.3 Å². The van der Waals surface area contributed by atoms with Crippen molar-refractivity contribution in [3.8, 4) is 0 Å². The number of aryl methyl sites for hydroxylation is 1. The number of hydrogen-bond donors (Lipinski definition) is 3. The van der Waals surface area contributed by atoms with E-state index in [9.17, 15) is 18.8 Å². The maximum absolute atomic E-state index is 13.9. The lowest BCUT2D eigenvalue weighted by molar-refractivity contribution is -0.138. The summed E-state index contributed by atoms with van der Waals surface area (Å²) in [5, 5.41) is 12.1. The van der Waals surface area contributed by atoms with E-state index in [0.29, 0.717) is 79.7 Å². The van der Waals surface area contributed by atoms with Crippen LogP contribution in [0, 0.1) is 5.82 Å². The van der Waals surface area contributed by atoms with Gasteiger partial charge in [-0.05, 0) is 92.3 Å². The molecule has 11 nitrogen and oxygen atoms in total. The third kappa shape index (κ3) is 11.7. The number of halogens is 1. The highest BCUT2D eigenvalue weighted by Gasteiger charge is 2.21. The quantitative estimate of drug-likeness (QED) is 0.0679. The number of carboxylic acids is 1. The Kier molecular flexibility index (Phi) is 14.5. The zero-order valence-electron chi connectivity index (χ0n) is 28.8. The topological polar surface area (TPSA) is 139 Å². The molecule has 0 unspecified atom stereocenters. The molecule has 1 aromatic heterocycles.